The van der Waals surface area contributed by atoms with Crippen molar-refractivity contribution >= 4 is 17.0 Å². The summed E-state index contributed by atoms with van der Waals surface area (Å²) in [6, 6.07) is 13.2. The topological polar surface area (TPSA) is 12.4 Å². The van der Waals surface area contributed by atoms with Crippen LogP contribution in [0.25, 0.3) is 16.7 Å². The van der Waals surface area contributed by atoms with E-state index in [1.807, 2.05) is 0 Å². The number of hydrogen-bond donors (Lipinski definition) is 0. The van der Waals surface area contributed by atoms with E-state index in [1.165, 1.54) is 55.8 Å². The van der Waals surface area contributed by atoms with E-state index in [1.54, 1.807) is 0 Å². The highest BCUT2D eigenvalue weighted by Gasteiger charge is 2.31. The molecule has 0 aromatic heterocycles. The average molecular weight is 364 g/mol. The fourth-order valence-corrected chi connectivity index (χ4v) is 4.65. The molecule has 2 aromatic rings. The molecule has 2 aliphatic carbocycles. The fraction of sp³-hybridized carbons (Fsp3) is 0.222. The number of rotatable bonds is 4. The van der Waals surface area contributed by atoms with Gasteiger partial charge in [-0.05, 0) is 85.6 Å². The first kappa shape index (κ1) is 17.2. The monoisotopic (exact) mass is 363 g/mol. The number of allylic oxidation sites excluding steroid dienone is 8. The summed E-state index contributed by atoms with van der Waals surface area (Å²) in [5.74, 6) is 0. The maximum absolute atomic E-state index is 5.04. The van der Waals surface area contributed by atoms with Crippen LogP contribution in [0.4, 0.5) is 5.69 Å². The minimum Gasteiger partial charge on any atom is -0.247 e. The summed E-state index contributed by atoms with van der Waals surface area (Å²) in [7, 11) is 0. The first-order valence-corrected chi connectivity index (χ1v) is 10.2. The van der Waals surface area contributed by atoms with E-state index in [-0.39, 0.29) is 0 Å². The Hall–Kier alpha value is -2.93. The zero-order valence-corrected chi connectivity index (χ0v) is 16.8. The Balaban J connectivity index is 1.67. The van der Waals surface area contributed by atoms with Crippen molar-refractivity contribution in [2.45, 2.75) is 40.0 Å². The molecule has 1 aliphatic heterocycles. The molecule has 1 nitrogen and oxygen atoms in total. The van der Waals surface area contributed by atoms with Crippen molar-refractivity contribution < 1.29 is 0 Å². The predicted octanol–water partition coefficient (Wildman–Crippen LogP) is 7.30. The van der Waals surface area contributed by atoms with Gasteiger partial charge in [0.25, 0.3) is 0 Å². The van der Waals surface area contributed by atoms with E-state index >= 15 is 0 Å². The zero-order valence-electron chi connectivity index (χ0n) is 16.8. The van der Waals surface area contributed by atoms with E-state index < -0.39 is 0 Å². The van der Waals surface area contributed by atoms with E-state index in [2.05, 4.69) is 81.5 Å². The molecule has 0 bridgehead atoms. The van der Waals surface area contributed by atoms with Crippen LogP contribution in [0.3, 0.4) is 0 Å². The second kappa shape index (κ2) is 6.60. The highest BCUT2D eigenvalue weighted by Crippen LogP contribution is 2.49. The molecule has 0 amide bonds. The molecule has 2 aromatic carbocycles. The fourth-order valence-electron chi connectivity index (χ4n) is 4.65. The number of fused-ring (bicyclic) bond motifs is 3. The molecule has 138 valence electrons. The van der Waals surface area contributed by atoms with Crippen LogP contribution in [0.1, 0.15) is 43.4 Å². The molecule has 0 atom stereocenters. The van der Waals surface area contributed by atoms with Crippen LogP contribution in [-0.2, 0) is 6.42 Å². The largest absolute Gasteiger partial charge is 0.247 e. The van der Waals surface area contributed by atoms with Crippen LogP contribution in [0, 0.1) is 6.92 Å². The molecule has 1 heteroatoms. The van der Waals surface area contributed by atoms with Crippen molar-refractivity contribution in [3.63, 3.8) is 0 Å². The van der Waals surface area contributed by atoms with Gasteiger partial charge >= 0.3 is 0 Å². The lowest BCUT2D eigenvalue weighted by Crippen LogP contribution is -2.01. The molecular formula is C27H25N. The highest BCUT2D eigenvalue weighted by molar-refractivity contribution is 6.39. The smallest absolute Gasteiger partial charge is 0.0748 e. The predicted molar refractivity (Wildman–Crippen MR) is 120 cm³/mol. The molecule has 0 N–H and O–H groups in total. The van der Waals surface area contributed by atoms with Gasteiger partial charge in [0.05, 0.1) is 11.4 Å². The van der Waals surface area contributed by atoms with Gasteiger partial charge in [0.1, 0.15) is 0 Å². The Kier molecular flexibility index (Phi) is 4.05. The Labute approximate surface area is 167 Å². The number of aryl methyl sites for hydroxylation is 1. The summed E-state index contributed by atoms with van der Waals surface area (Å²) in [6.45, 7) is 6.64. The Morgan fingerprint density at radius 3 is 2.54 bits per heavy atom. The number of benzene rings is 2. The van der Waals surface area contributed by atoms with Gasteiger partial charge in [-0.15, -0.1) is 0 Å². The van der Waals surface area contributed by atoms with Gasteiger partial charge in [-0.2, -0.15) is 0 Å². The van der Waals surface area contributed by atoms with E-state index in [0.717, 1.165) is 24.9 Å². The molecule has 0 unspecified atom stereocenters. The Morgan fingerprint density at radius 1 is 0.964 bits per heavy atom. The number of nitrogens with zero attached hydrogens (tertiary/aromatic N) is 1. The lowest BCUT2D eigenvalue weighted by atomic mass is 9.85. The van der Waals surface area contributed by atoms with Gasteiger partial charge in [-0.3, -0.25) is 0 Å². The second-order valence-electron chi connectivity index (χ2n) is 8.09. The van der Waals surface area contributed by atoms with E-state index in [9.17, 15) is 0 Å². The minimum absolute atomic E-state index is 1.07. The van der Waals surface area contributed by atoms with Crippen LogP contribution in [0.5, 0.6) is 0 Å². The van der Waals surface area contributed by atoms with Gasteiger partial charge in [0.2, 0.25) is 0 Å². The first-order chi connectivity index (χ1) is 13.6. The molecule has 0 radical (unpaired) electrons. The SMILES string of the molecule is CC1=C(C)C2=Nc3cc(C)c(CCC4=CC=CC4)c(-c4ccccc4)c3C2=C1. The van der Waals surface area contributed by atoms with Crippen LogP contribution < -0.4 is 0 Å². The molecule has 0 spiro atoms. The zero-order chi connectivity index (χ0) is 19.3. The molecule has 3 aliphatic rings. The van der Waals surface area contributed by atoms with Crippen molar-refractivity contribution in [2.24, 2.45) is 4.99 Å². The summed E-state index contributed by atoms with van der Waals surface area (Å²) in [6.07, 6.45) is 12.3. The van der Waals surface area contributed by atoms with Crippen LogP contribution in [0.15, 0.2) is 82.4 Å². The van der Waals surface area contributed by atoms with Crippen LogP contribution >= 0.6 is 0 Å². The van der Waals surface area contributed by atoms with Crippen molar-refractivity contribution in [3.8, 4) is 11.1 Å². The van der Waals surface area contributed by atoms with Crippen molar-refractivity contribution in [2.75, 3.05) is 0 Å². The third kappa shape index (κ3) is 2.65. The molecule has 0 saturated carbocycles. The molecule has 0 fully saturated rings. The first-order valence-electron chi connectivity index (χ1n) is 10.2. The third-order valence-electron chi connectivity index (χ3n) is 6.31. The highest BCUT2D eigenvalue weighted by atomic mass is 14.8. The molecular weight excluding hydrogens is 338 g/mol. The standard InChI is InChI=1S/C27H25N/c1-17-15-23-26-24(28-27(23)19(17)3)16-18(2)22(14-13-20-9-7-8-10-20)25(26)21-11-5-4-6-12-21/h4-9,11-12,15-16H,10,13-14H2,1-3H3. The summed E-state index contributed by atoms with van der Waals surface area (Å²) < 4.78 is 0. The van der Waals surface area contributed by atoms with Gasteiger partial charge < -0.3 is 0 Å². The normalized spacial score (nSPS) is 16.9. The van der Waals surface area contributed by atoms with Gasteiger partial charge in [0.15, 0.2) is 0 Å². The average Bonchev–Trinajstić information content (AvgIpc) is 3.40. The maximum atomic E-state index is 5.04. The summed E-state index contributed by atoms with van der Waals surface area (Å²) >= 11 is 0. The molecule has 28 heavy (non-hydrogen) atoms. The number of hydrogen-bond acceptors (Lipinski definition) is 1. The van der Waals surface area contributed by atoms with E-state index in [4.69, 9.17) is 4.99 Å². The maximum Gasteiger partial charge on any atom is 0.0748 e. The number of aliphatic imine (C=N–C) groups is 1. The quantitative estimate of drug-likeness (QED) is 0.540. The Morgan fingerprint density at radius 2 is 1.79 bits per heavy atom. The van der Waals surface area contributed by atoms with Gasteiger partial charge in [-0.1, -0.05) is 54.1 Å². The van der Waals surface area contributed by atoms with Crippen molar-refractivity contribution in [1.29, 1.82) is 0 Å². The lowest BCUT2D eigenvalue weighted by molar-refractivity contribution is 0.913. The van der Waals surface area contributed by atoms with Crippen molar-refractivity contribution in [3.05, 3.63) is 94.1 Å². The summed E-state index contributed by atoms with van der Waals surface area (Å²) in [5, 5.41) is 0. The lowest BCUT2D eigenvalue weighted by Gasteiger charge is -2.18. The van der Waals surface area contributed by atoms with Crippen LogP contribution in [0.2, 0.25) is 0 Å². The van der Waals surface area contributed by atoms with Crippen molar-refractivity contribution in [1.82, 2.24) is 0 Å². The minimum atomic E-state index is 1.07. The molecule has 5 rings (SSSR count). The van der Waals surface area contributed by atoms with Crippen LogP contribution in [-0.4, -0.2) is 5.71 Å². The second-order valence-corrected chi connectivity index (χ2v) is 8.09. The summed E-state index contributed by atoms with van der Waals surface area (Å²) in [5.41, 5.74) is 14.6. The van der Waals surface area contributed by atoms with Gasteiger partial charge in [0, 0.05) is 11.1 Å². The Bertz CT molecular complexity index is 1130. The molecule has 1 heterocycles. The summed E-state index contributed by atoms with van der Waals surface area (Å²) in [4.78, 5) is 5.04. The molecule has 0 saturated heterocycles. The third-order valence-corrected chi connectivity index (χ3v) is 6.31. The van der Waals surface area contributed by atoms with E-state index in [0.29, 0.717) is 0 Å². The van der Waals surface area contributed by atoms with Gasteiger partial charge in [-0.25, -0.2) is 4.99 Å².